The standard InChI is InChI=1S/C12H2F16O4/c13-4-3(1(29)30,2(31)32)6(15,16)10(23,24)8(19,20)5(4,14)9(21,22)12(27,28)11(25,26)7(4,17)18/h(H,29,30)(H,31,32). The van der Waals surface area contributed by atoms with Crippen molar-refractivity contribution < 1.29 is 90.0 Å². The lowest BCUT2D eigenvalue weighted by molar-refractivity contribution is -0.540. The van der Waals surface area contributed by atoms with Crippen molar-refractivity contribution in [3.8, 4) is 0 Å². The van der Waals surface area contributed by atoms with E-state index in [9.17, 15) is 75.4 Å². The number of carboxylic acids is 2. The average molecular weight is 514 g/mol. The van der Waals surface area contributed by atoms with Crippen molar-refractivity contribution in [1.82, 2.24) is 0 Å². The van der Waals surface area contributed by atoms with Gasteiger partial charge in [-0.3, -0.25) is 9.59 Å². The molecule has 32 heavy (non-hydrogen) atoms. The molecular formula is C12H2F16O4. The Kier molecular flexibility index (Phi) is 4.46. The number of aliphatic carboxylic acids is 2. The zero-order chi connectivity index (χ0) is 26.2. The van der Waals surface area contributed by atoms with Gasteiger partial charge in [0.1, 0.15) is 0 Å². The summed E-state index contributed by atoms with van der Waals surface area (Å²) in [6, 6.07) is 0. The summed E-state index contributed by atoms with van der Waals surface area (Å²) < 4.78 is 224. The van der Waals surface area contributed by atoms with Crippen LogP contribution in [0.25, 0.3) is 0 Å². The number of carbonyl (C=O) groups is 2. The van der Waals surface area contributed by atoms with Gasteiger partial charge in [0.2, 0.25) is 0 Å². The summed E-state index contributed by atoms with van der Waals surface area (Å²) >= 11 is 0. The lowest BCUT2D eigenvalue weighted by atomic mass is 9.46. The SMILES string of the molecule is O=C(O)C1(C(=O)O)C(F)(F)C(F)(F)C(F)(F)C2(F)C(F)(F)C(F)(F)C(F)(F)C(F)(F)C12F. The molecule has 0 aliphatic heterocycles. The van der Waals surface area contributed by atoms with Gasteiger partial charge in [0.05, 0.1) is 0 Å². The number of halogens is 16. The number of carboxylic acid groups (broad SMARTS) is 2. The molecule has 0 saturated heterocycles. The summed E-state index contributed by atoms with van der Waals surface area (Å²) in [5, 5.41) is 17.1. The van der Waals surface area contributed by atoms with E-state index in [0.29, 0.717) is 0 Å². The Bertz CT molecular complexity index is 871. The molecule has 2 aliphatic carbocycles. The van der Waals surface area contributed by atoms with Gasteiger partial charge >= 0.3 is 53.4 Å². The molecule has 0 aromatic heterocycles. The molecule has 2 N–H and O–H groups in total. The van der Waals surface area contributed by atoms with E-state index in [-0.39, 0.29) is 0 Å². The lowest BCUT2D eigenvalue weighted by Gasteiger charge is -2.65. The van der Waals surface area contributed by atoms with Gasteiger partial charge in [0, 0.05) is 0 Å². The number of hydrogen-bond acceptors (Lipinski definition) is 2. The van der Waals surface area contributed by atoms with Crippen LogP contribution in [0.3, 0.4) is 0 Å². The van der Waals surface area contributed by atoms with Gasteiger partial charge in [0.25, 0.3) is 16.8 Å². The molecule has 0 spiro atoms. The first kappa shape index (κ1) is 26.1. The second-order valence-corrected chi connectivity index (χ2v) is 6.70. The highest BCUT2D eigenvalue weighted by Crippen LogP contribution is 2.82. The van der Waals surface area contributed by atoms with Crippen LogP contribution < -0.4 is 0 Å². The van der Waals surface area contributed by atoms with Crippen LogP contribution in [0, 0.1) is 5.41 Å². The van der Waals surface area contributed by atoms with Crippen molar-refractivity contribution in [3.05, 3.63) is 0 Å². The van der Waals surface area contributed by atoms with Crippen LogP contribution in [-0.4, -0.2) is 74.9 Å². The number of hydrogen-bond donors (Lipinski definition) is 2. The smallest absolute Gasteiger partial charge is 0.382 e. The minimum Gasteiger partial charge on any atom is -0.480 e. The van der Waals surface area contributed by atoms with E-state index in [0.717, 1.165) is 0 Å². The molecule has 20 heteroatoms. The van der Waals surface area contributed by atoms with Crippen LogP contribution in [0.5, 0.6) is 0 Å². The third kappa shape index (κ3) is 1.69. The maximum absolute atomic E-state index is 15.2. The quantitative estimate of drug-likeness (QED) is 0.432. The molecule has 2 unspecified atom stereocenters. The van der Waals surface area contributed by atoms with Crippen LogP contribution in [0.2, 0.25) is 0 Å². The van der Waals surface area contributed by atoms with Gasteiger partial charge < -0.3 is 10.2 Å². The summed E-state index contributed by atoms with van der Waals surface area (Å²) in [6.07, 6.45) is 0. The molecule has 2 saturated carbocycles. The molecule has 2 fully saturated rings. The topological polar surface area (TPSA) is 74.6 Å². The molecule has 0 amide bonds. The number of fused-ring (bicyclic) bond motifs is 1. The summed E-state index contributed by atoms with van der Waals surface area (Å²) in [4.78, 5) is 22.1. The number of alkyl halides is 16. The van der Waals surface area contributed by atoms with Crippen molar-refractivity contribution in [2.45, 2.75) is 52.8 Å². The van der Waals surface area contributed by atoms with E-state index < -0.39 is 70.1 Å². The van der Waals surface area contributed by atoms with Gasteiger partial charge in [-0.1, -0.05) is 0 Å². The molecule has 0 bridgehead atoms. The zero-order valence-corrected chi connectivity index (χ0v) is 13.8. The van der Waals surface area contributed by atoms with Gasteiger partial charge in [-0.15, -0.1) is 0 Å². The van der Waals surface area contributed by atoms with Crippen LogP contribution in [0.1, 0.15) is 0 Å². The van der Waals surface area contributed by atoms with E-state index in [4.69, 9.17) is 10.2 Å². The van der Waals surface area contributed by atoms with Crippen LogP contribution in [0.4, 0.5) is 70.2 Å². The van der Waals surface area contributed by atoms with Gasteiger partial charge in [0.15, 0.2) is 0 Å². The lowest BCUT2D eigenvalue weighted by Crippen LogP contribution is -2.99. The van der Waals surface area contributed by atoms with Crippen LogP contribution in [0.15, 0.2) is 0 Å². The summed E-state index contributed by atoms with van der Waals surface area (Å²) in [6.45, 7) is 0. The normalized spacial score (nSPS) is 38.9. The fourth-order valence-corrected chi connectivity index (χ4v) is 3.69. The largest absolute Gasteiger partial charge is 0.480 e. The number of rotatable bonds is 2. The van der Waals surface area contributed by atoms with Crippen LogP contribution >= 0.6 is 0 Å². The van der Waals surface area contributed by atoms with Crippen molar-refractivity contribution in [2.24, 2.45) is 5.41 Å². The maximum Gasteiger partial charge on any atom is 0.382 e. The molecule has 0 radical (unpaired) electrons. The fourth-order valence-electron chi connectivity index (χ4n) is 3.69. The van der Waals surface area contributed by atoms with Gasteiger partial charge in [-0.05, 0) is 0 Å². The first-order chi connectivity index (χ1) is 13.6. The Balaban J connectivity index is 3.46. The Morgan fingerprint density at radius 1 is 0.375 bits per heavy atom. The molecule has 2 aliphatic rings. The van der Waals surface area contributed by atoms with Crippen LogP contribution in [-0.2, 0) is 9.59 Å². The maximum atomic E-state index is 15.2. The zero-order valence-electron chi connectivity index (χ0n) is 13.8. The molecule has 4 nitrogen and oxygen atoms in total. The minimum atomic E-state index is -8.69. The molecule has 2 atom stereocenters. The molecule has 0 aromatic rings. The summed E-state index contributed by atoms with van der Waals surface area (Å²) in [5.74, 6) is -68.2. The highest BCUT2D eigenvalue weighted by atomic mass is 19.4. The minimum absolute atomic E-state index is 4.79. The second kappa shape index (κ2) is 5.48. The Labute approximate surface area is 161 Å². The predicted molar refractivity (Wildman–Crippen MR) is 60.0 cm³/mol. The van der Waals surface area contributed by atoms with E-state index in [1.165, 1.54) is 0 Å². The molecular weight excluding hydrogens is 512 g/mol. The van der Waals surface area contributed by atoms with Crippen molar-refractivity contribution in [3.63, 3.8) is 0 Å². The van der Waals surface area contributed by atoms with E-state index in [1.807, 2.05) is 0 Å². The third-order valence-corrected chi connectivity index (χ3v) is 5.37. The van der Waals surface area contributed by atoms with E-state index in [2.05, 4.69) is 0 Å². The highest BCUT2D eigenvalue weighted by molar-refractivity contribution is 6.03. The summed E-state index contributed by atoms with van der Waals surface area (Å²) in [7, 11) is 0. The van der Waals surface area contributed by atoms with E-state index in [1.54, 1.807) is 0 Å². The van der Waals surface area contributed by atoms with Crippen molar-refractivity contribution in [2.75, 3.05) is 0 Å². The molecule has 0 heterocycles. The predicted octanol–water partition coefficient (Wildman–Crippen LogP) is 4.03. The first-order valence-corrected chi connectivity index (χ1v) is 7.13. The van der Waals surface area contributed by atoms with Crippen molar-refractivity contribution >= 4 is 11.9 Å². The van der Waals surface area contributed by atoms with Gasteiger partial charge in [-0.25, -0.2) is 8.78 Å². The Hall–Kier alpha value is -2.18. The molecule has 0 aromatic carbocycles. The Morgan fingerprint density at radius 2 is 0.594 bits per heavy atom. The molecule has 186 valence electrons. The highest BCUT2D eigenvalue weighted by Gasteiger charge is 3.15. The molecule has 2 rings (SSSR count). The Morgan fingerprint density at radius 3 is 0.844 bits per heavy atom. The third-order valence-electron chi connectivity index (χ3n) is 5.37. The second-order valence-electron chi connectivity index (χ2n) is 6.70. The summed E-state index contributed by atoms with van der Waals surface area (Å²) in [5.41, 5.74) is -24.9. The first-order valence-electron chi connectivity index (χ1n) is 7.13. The fraction of sp³-hybridized carbons (Fsp3) is 0.833. The van der Waals surface area contributed by atoms with E-state index >= 15 is 4.39 Å². The monoisotopic (exact) mass is 514 g/mol. The average Bonchev–Trinajstić information content (AvgIpc) is 2.57. The van der Waals surface area contributed by atoms with Crippen molar-refractivity contribution in [1.29, 1.82) is 0 Å². The van der Waals surface area contributed by atoms with Gasteiger partial charge in [-0.2, -0.15) is 61.5 Å².